The second-order valence-corrected chi connectivity index (χ2v) is 6.67. The maximum Gasteiger partial charge on any atom is 0.161 e. The number of thiophene rings is 1. The molecule has 3 aromatic rings. The fourth-order valence-corrected chi connectivity index (χ4v) is 3.19. The van der Waals surface area contributed by atoms with Gasteiger partial charge in [-0.3, -0.25) is 4.98 Å². The molecule has 0 saturated heterocycles. The molecule has 0 aliphatic heterocycles. The lowest BCUT2D eigenvalue weighted by Crippen LogP contribution is -2.16. The summed E-state index contributed by atoms with van der Waals surface area (Å²) in [6, 6.07) is 14.2. The van der Waals surface area contributed by atoms with Crippen molar-refractivity contribution in [2.24, 2.45) is 0 Å². The van der Waals surface area contributed by atoms with Crippen LogP contribution in [-0.2, 0) is 19.6 Å². The van der Waals surface area contributed by atoms with E-state index < -0.39 is 0 Å². The summed E-state index contributed by atoms with van der Waals surface area (Å²) in [5, 5.41) is 5.59. The molecule has 4 nitrogen and oxygen atoms in total. The Kier molecular flexibility index (Phi) is 6.42. The minimum Gasteiger partial charge on any atom is -0.493 e. The molecular weight excluding hydrogens is 332 g/mol. The average molecular weight is 354 g/mol. The molecule has 0 unspecified atom stereocenters. The predicted octanol–water partition coefficient (Wildman–Crippen LogP) is 4.06. The second kappa shape index (κ2) is 9.20. The number of hydrogen-bond acceptors (Lipinski definition) is 5. The smallest absolute Gasteiger partial charge is 0.161 e. The van der Waals surface area contributed by atoms with Crippen LogP contribution >= 0.6 is 11.3 Å². The minimum absolute atomic E-state index is 0.497. The highest BCUT2D eigenvalue weighted by Crippen LogP contribution is 2.28. The van der Waals surface area contributed by atoms with Crippen LogP contribution in [0.3, 0.4) is 0 Å². The van der Waals surface area contributed by atoms with Gasteiger partial charge in [0.2, 0.25) is 0 Å². The molecule has 0 spiro atoms. The zero-order chi connectivity index (χ0) is 17.3. The first kappa shape index (κ1) is 17.5. The Morgan fingerprint density at radius 3 is 2.68 bits per heavy atom. The van der Waals surface area contributed by atoms with Crippen molar-refractivity contribution in [3.8, 4) is 11.5 Å². The molecule has 0 aliphatic carbocycles. The van der Waals surface area contributed by atoms with Crippen molar-refractivity contribution in [3.05, 3.63) is 76.2 Å². The van der Waals surface area contributed by atoms with E-state index in [0.717, 1.165) is 36.6 Å². The van der Waals surface area contributed by atoms with Crippen molar-refractivity contribution in [1.82, 2.24) is 10.3 Å². The standard InChI is InChI=1S/C20H22N2O2S/c1-23-20-13-17(14-22-11-8-18-3-2-12-25-18)4-5-19(20)24-15-16-6-9-21-10-7-16/h2-7,9-10,12-13,22H,8,11,14-15H2,1H3. The Hall–Kier alpha value is -2.37. The maximum atomic E-state index is 5.87. The van der Waals surface area contributed by atoms with E-state index >= 15 is 0 Å². The van der Waals surface area contributed by atoms with E-state index in [4.69, 9.17) is 9.47 Å². The molecule has 0 saturated carbocycles. The van der Waals surface area contributed by atoms with E-state index in [1.165, 1.54) is 10.4 Å². The highest BCUT2D eigenvalue weighted by molar-refractivity contribution is 7.09. The van der Waals surface area contributed by atoms with Gasteiger partial charge in [-0.15, -0.1) is 11.3 Å². The van der Waals surface area contributed by atoms with Crippen LogP contribution in [0.4, 0.5) is 0 Å². The van der Waals surface area contributed by atoms with Crippen LogP contribution < -0.4 is 14.8 Å². The summed E-state index contributed by atoms with van der Waals surface area (Å²) in [6.45, 7) is 2.27. The Balaban J connectivity index is 1.52. The number of nitrogens with zero attached hydrogens (tertiary/aromatic N) is 1. The topological polar surface area (TPSA) is 43.4 Å². The SMILES string of the molecule is COc1cc(CNCCc2cccs2)ccc1OCc1ccncc1. The highest BCUT2D eigenvalue weighted by atomic mass is 32.1. The molecule has 0 bridgehead atoms. The Morgan fingerprint density at radius 2 is 1.92 bits per heavy atom. The molecule has 3 rings (SSSR count). The minimum atomic E-state index is 0.497. The van der Waals surface area contributed by atoms with Crippen LogP contribution in [0, 0.1) is 0 Å². The Morgan fingerprint density at radius 1 is 1.04 bits per heavy atom. The lowest BCUT2D eigenvalue weighted by Gasteiger charge is -2.12. The van der Waals surface area contributed by atoms with E-state index in [1.807, 2.05) is 24.3 Å². The van der Waals surface area contributed by atoms with Gasteiger partial charge in [-0.25, -0.2) is 0 Å². The van der Waals surface area contributed by atoms with Crippen molar-refractivity contribution < 1.29 is 9.47 Å². The highest BCUT2D eigenvalue weighted by Gasteiger charge is 2.06. The van der Waals surface area contributed by atoms with Gasteiger partial charge < -0.3 is 14.8 Å². The first-order valence-electron chi connectivity index (χ1n) is 8.27. The number of nitrogens with one attached hydrogen (secondary N) is 1. The van der Waals surface area contributed by atoms with Gasteiger partial charge in [0, 0.05) is 30.4 Å². The predicted molar refractivity (Wildman–Crippen MR) is 101 cm³/mol. The van der Waals surface area contributed by atoms with Gasteiger partial charge in [-0.1, -0.05) is 12.1 Å². The van der Waals surface area contributed by atoms with Gasteiger partial charge in [0.15, 0.2) is 11.5 Å². The van der Waals surface area contributed by atoms with Crippen LogP contribution in [0.15, 0.2) is 60.2 Å². The molecule has 1 N–H and O–H groups in total. The lowest BCUT2D eigenvalue weighted by molar-refractivity contribution is 0.284. The fourth-order valence-electron chi connectivity index (χ4n) is 2.48. The van der Waals surface area contributed by atoms with Gasteiger partial charge >= 0.3 is 0 Å². The number of aromatic nitrogens is 1. The summed E-state index contributed by atoms with van der Waals surface area (Å²) in [6.07, 6.45) is 4.59. The third-order valence-electron chi connectivity index (χ3n) is 3.83. The number of hydrogen-bond donors (Lipinski definition) is 1. The third-order valence-corrected chi connectivity index (χ3v) is 4.77. The molecule has 0 radical (unpaired) electrons. The molecule has 2 heterocycles. The van der Waals surface area contributed by atoms with E-state index in [0.29, 0.717) is 6.61 Å². The molecule has 5 heteroatoms. The van der Waals surface area contributed by atoms with Crippen LogP contribution in [0.5, 0.6) is 11.5 Å². The molecule has 0 atom stereocenters. The average Bonchev–Trinajstić information content (AvgIpc) is 3.18. The number of rotatable bonds is 9. The monoisotopic (exact) mass is 354 g/mol. The number of pyridine rings is 1. The molecule has 0 fully saturated rings. The van der Waals surface area contributed by atoms with Crippen LogP contribution in [0.25, 0.3) is 0 Å². The van der Waals surface area contributed by atoms with E-state index in [1.54, 1.807) is 30.8 Å². The quantitative estimate of drug-likeness (QED) is 0.589. The zero-order valence-electron chi connectivity index (χ0n) is 14.3. The summed E-state index contributed by atoms with van der Waals surface area (Å²) >= 11 is 1.80. The lowest BCUT2D eigenvalue weighted by atomic mass is 10.2. The van der Waals surface area contributed by atoms with Gasteiger partial charge in [0.1, 0.15) is 6.61 Å². The summed E-state index contributed by atoms with van der Waals surface area (Å²) in [5.41, 5.74) is 2.26. The van der Waals surface area contributed by atoms with Gasteiger partial charge in [-0.2, -0.15) is 0 Å². The van der Waals surface area contributed by atoms with Crippen molar-refractivity contribution in [2.75, 3.05) is 13.7 Å². The van der Waals surface area contributed by atoms with Crippen molar-refractivity contribution in [2.45, 2.75) is 19.6 Å². The van der Waals surface area contributed by atoms with Gasteiger partial charge in [0.05, 0.1) is 7.11 Å². The maximum absolute atomic E-state index is 5.87. The van der Waals surface area contributed by atoms with Crippen molar-refractivity contribution in [1.29, 1.82) is 0 Å². The summed E-state index contributed by atoms with van der Waals surface area (Å²) in [7, 11) is 1.67. The first-order valence-corrected chi connectivity index (χ1v) is 9.15. The summed E-state index contributed by atoms with van der Waals surface area (Å²) in [4.78, 5) is 5.42. The number of benzene rings is 1. The Labute approximate surface area is 152 Å². The summed E-state index contributed by atoms with van der Waals surface area (Å²) in [5.74, 6) is 1.51. The van der Waals surface area contributed by atoms with Crippen molar-refractivity contribution in [3.63, 3.8) is 0 Å². The first-order chi connectivity index (χ1) is 12.3. The third kappa shape index (κ3) is 5.31. The molecule has 130 valence electrons. The zero-order valence-corrected chi connectivity index (χ0v) is 15.1. The molecule has 25 heavy (non-hydrogen) atoms. The fraction of sp³-hybridized carbons (Fsp3) is 0.250. The van der Waals surface area contributed by atoms with Crippen LogP contribution in [-0.4, -0.2) is 18.6 Å². The van der Waals surface area contributed by atoms with Crippen molar-refractivity contribution >= 4 is 11.3 Å². The molecular formula is C20H22N2O2S. The Bertz CT molecular complexity index is 761. The van der Waals surface area contributed by atoms with Gasteiger partial charge in [-0.05, 0) is 53.3 Å². The van der Waals surface area contributed by atoms with E-state index in [2.05, 4.69) is 33.9 Å². The normalized spacial score (nSPS) is 10.6. The molecule has 0 aliphatic rings. The van der Waals surface area contributed by atoms with Gasteiger partial charge in [0.25, 0.3) is 0 Å². The molecule has 0 amide bonds. The summed E-state index contributed by atoms with van der Waals surface area (Å²) < 4.78 is 11.3. The largest absolute Gasteiger partial charge is 0.493 e. The van der Waals surface area contributed by atoms with Crippen LogP contribution in [0.2, 0.25) is 0 Å². The van der Waals surface area contributed by atoms with E-state index in [9.17, 15) is 0 Å². The molecule has 1 aromatic carbocycles. The number of methoxy groups -OCH3 is 1. The molecule has 2 aromatic heterocycles. The number of ether oxygens (including phenoxy) is 2. The van der Waals surface area contributed by atoms with E-state index in [-0.39, 0.29) is 0 Å². The van der Waals surface area contributed by atoms with Crippen LogP contribution in [0.1, 0.15) is 16.0 Å². The second-order valence-electron chi connectivity index (χ2n) is 5.64.